The molecule has 0 radical (unpaired) electrons. The van der Waals surface area contributed by atoms with Crippen LogP contribution in [0.4, 0.5) is 0 Å². The second kappa shape index (κ2) is 5.99. The van der Waals surface area contributed by atoms with Crippen molar-refractivity contribution in [2.45, 2.75) is 32.2 Å². The maximum atomic E-state index is 11.7. The minimum absolute atomic E-state index is 0.239. The average molecular weight is 334 g/mol. The van der Waals surface area contributed by atoms with E-state index in [1.165, 1.54) is 11.1 Å². The van der Waals surface area contributed by atoms with Crippen molar-refractivity contribution in [2.75, 3.05) is 13.1 Å². The smallest absolute Gasteiger partial charge is 0.248 e. The van der Waals surface area contributed by atoms with E-state index in [1.54, 1.807) is 0 Å². The van der Waals surface area contributed by atoms with Crippen molar-refractivity contribution in [1.82, 2.24) is 4.90 Å². The molecule has 1 amide bonds. The van der Waals surface area contributed by atoms with Crippen LogP contribution in [0.5, 0.6) is 0 Å². The van der Waals surface area contributed by atoms with Crippen molar-refractivity contribution in [3.05, 3.63) is 70.8 Å². The Kier molecular flexibility index (Phi) is 3.92. The molecule has 3 nitrogen and oxygen atoms in total. The maximum absolute atomic E-state index is 11.7. The highest BCUT2D eigenvalue weighted by Crippen LogP contribution is 2.65. The number of benzene rings is 2. The molecule has 1 heterocycles. The first-order chi connectivity index (χ1) is 12.0. The number of hydrogen-bond donors (Lipinski definition) is 1. The molecule has 0 aromatic heterocycles. The Morgan fingerprint density at radius 3 is 2.44 bits per heavy atom. The highest BCUT2D eigenvalue weighted by molar-refractivity contribution is 5.93. The molecule has 4 rings (SSSR count). The molecule has 1 aliphatic carbocycles. The Labute approximate surface area is 149 Å². The summed E-state index contributed by atoms with van der Waals surface area (Å²) in [5.74, 6) is 1.07. The number of nitrogens with zero attached hydrogens (tertiary/aromatic N) is 1. The van der Waals surface area contributed by atoms with Crippen molar-refractivity contribution in [1.29, 1.82) is 0 Å². The van der Waals surface area contributed by atoms with Gasteiger partial charge in [0, 0.05) is 30.6 Å². The van der Waals surface area contributed by atoms with Crippen LogP contribution >= 0.6 is 0 Å². The zero-order valence-corrected chi connectivity index (χ0v) is 15.0. The third-order valence-corrected chi connectivity index (χ3v) is 6.34. The van der Waals surface area contributed by atoms with E-state index in [1.807, 2.05) is 12.1 Å². The molecule has 1 saturated heterocycles. The van der Waals surface area contributed by atoms with Crippen LogP contribution in [0, 0.1) is 18.8 Å². The van der Waals surface area contributed by atoms with E-state index < -0.39 is 0 Å². The number of piperidine rings is 1. The fourth-order valence-corrected chi connectivity index (χ4v) is 5.14. The summed E-state index contributed by atoms with van der Waals surface area (Å²) in [6.07, 6.45) is 1.13. The van der Waals surface area contributed by atoms with Gasteiger partial charge in [-0.15, -0.1) is 0 Å². The molecule has 2 fully saturated rings. The second-order valence-electron chi connectivity index (χ2n) is 7.74. The summed E-state index contributed by atoms with van der Waals surface area (Å²) >= 11 is 0. The standard InChI is InChI=1S/C22H26N2O/c1-3-22(18-10-15(2)9-17(11-18)21(23)25)19-13-24(14-20(19)22)12-16-7-5-4-6-8-16/h4-11,19-20H,3,12-14H2,1-2H3,(H2,23,25)/t19-,20+,22?. The summed E-state index contributed by atoms with van der Waals surface area (Å²) in [6, 6.07) is 16.9. The third-order valence-electron chi connectivity index (χ3n) is 6.34. The number of rotatable bonds is 5. The van der Waals surface area contributed by atoms with Gasteiger partial charge >= 0.3 is 0 Å². The molecule has 2 N–H and O–H groups in total. The van der Waals surface area contributed by atoms with Crippen LogP contribution in [0.1, 0.15) is 40.4 Å². The lowest BCUT2D eigenvalue weighted by atomic mass is 9.85. The third kappa shape index (κ3) is 2.67. The number of amides is 1. The summed E-state index contributed by atoms with van der Waals surface area (Å²) < 4.78 is 0. The van der Waals surface area contributed by atoms with E-state index in [4.69, 9.17) is 5.73 Å². The Bertz CT molecular complexity index is 787. The van der Waals surface area contributed by atoms with Gasteiger partial charge in [0.15, 0.2) is 0 Å². The van der Waals surface area contributed by atoms with Crippen LogP contribution in [0.3, 0.4) is 0 Å². The van der Waals surface area contributed by atoms with Crippen molar-refractivity contribution < 1.29 is 4.79 Å². The lowest BCUT2D eigenvalue weighted by Gasteiger charge is -2.27. The first kappa shape index (κ1) is 16.3. The number of likely N-dealkylation sites (tertiary alicyclic amines) is 1. The largest absolute Gasteiger partial charge is 0.366 e. The molecule has 0 bridgehead atoms. The highest BCUT2D eigenvalue weighted by atomic mass is 16.1. The zero-order chi connectivity index (χ0) is 17.6. The summed E-state index contributed by atoms with van der Waals surface area (Å²) in [5.41, 5.74) is 10.3. The maximum Gasteiger partial charge on any atom is 0.248 e. The zero-order valence-electron chi connectivity index (χ0n) is 15.0. The van der Waals surface area contributed by atoms with Gasteiger partial charge in [-0.25, -0.2) is 0 Å². The van der Waals surface area contributed by atoms with E-state index in [0.717, 1.165) is 31.6 Å². The van der Waals surface area contributed by atoms with Crippen LogP contribution in [0.2, 0.25) is 0 Å². The predicted octanol–water partition coefficient (Wildman–Crippen LogP) is 3.50. The minimum atomic E-state index is -0.326. The van der Waals surface area contributed by atoms with Gasteiger partial charge in [-0.2, -0.15) is 0 Å². The summed E-state index contributed by atoms with van der Waals surface area (Å²) in [5, 5.41) is 0. The van der Waals surface area contributed by atoms with Crippen LogP contribution in [0.25, 0.3) is 0 Å². The number of nitrogens with two attached hydrogens (primary N) is 1. The topological polar surface area (TPSA) is 46.3 Å². The molecule has 130 valence electrons. The molecule has 0 spiro atoms. The van der Waals surface area contributed by atoms with Crippen molar-refractivity contribution in [3.63, 3.8) is 0 Å². The van der Waals surface area contributed by atoms with Gasteiger partial charge in [-0.1, -0.05) is 48.9 Å². The molecule has 1 aliphatic heterocycles. The minimum Gasteiger partial charge on any atom is -0.366 e. The van der Waals surface area contributed by atoms with Gasteiger partial charge in [0.05, 0.1) is 0 Å². The number of carbonyl (C=O) groups is 1. The van der Waals surface area contributed by atoms with Crippen molar-refractivity contribution in [2.24, 2.45) is 17.6 Å². The molecule has 3 heteroatoms. The Morgan fingerprint density at radius 2 is 1.84 bits per heavy atom. The molecular weight excluding hydrogens is 308 g/mol. The SMILES string of the molecule is CCC1(c2cc(C)cc(C(N)=O)c2)[C@@H]2CN(Cc3ccccc3)C[C@@H]21. The van der Waals surface area contributed by atoms with Gasteiger partial charge in [0.25, 0.3) is 0 Å². The molecule has 25 heavy (non-hydrogen) atoms. The predicted molar refractivity (Wildman–Crippen MR) is 100 cm³/mol. The van der Waals surface area contributed by atoms with E-state index in [2.05, 4.69) is 55.1 Å². The second-order valence-corrected chi connectivity index (χ2v) is 7.74. The summed E-state index contributed by atoms with van der Waals surface area (Å²) in [6.45, 7) is 7.67. The fraction of sp³-hybridized carbons (Fsp3) is 0.409. The van der Waals surface area contributed by atoms with E-state index >= 15 is 0 Å². The Balaban J connectivity index is 1.54. The number of carbonyl (C=O) groups excluding carboxylic acids is 1. The number of hydrogen-bond acceptors (Lipinski definition) is 2. The lowest BCUT2D eigenvalue weighted by molar-refractivity contribution is 0.1000. The Morgan fingerprint density at radius 1 is 1.16 bits per heavy atom. The number of fused-ring (bicyclic) bond motifs is 1. The average Bonchev–Trinajstić information content (AvgIpc) is 2.99. The van der Waals surface area contributed by atoms with Gasteiger partial charge in [-0.3, -0.25) is 9.69 Å². The van der Waals surface area contributed by atoms with E-state index in [9.17, 15) is 4.79 Å². The van der Waals surface area contributed by atoms with Gasteiger partial charge in [0.2, 0.25) is 5.91 Å². The first-order valence-corrected chi connectivity index (χ1v) is 9.23. The molecule has 2 aliphatic rings. The molecule has 2 aromatic carbocycles. The number of aryl methyl sites for hydroxylation is 1. The number of primary amides is 1. The van der Waals surface area contributed by atoms with E-state index in [-0.39, 0.29) is 11.3 Å². The Hall–Kier alpha value is -2.13. The van der Waals surface area contributed by atoms with Crippen molar-refractivity contribution in [3.8, 4) is 0 Å². The van der Waals surface area contributed by atoms with Crippen molar-refractivity contribution >= 4 is 5.91 Å². The quantitative estimate of drug-likeness (QED) is 0.909. The normalized spacial score (nSPS) is 27.9. The lowest BCUT2D eigenvalue weighted by Crippen LogP contribution is -2.30. The first-order valence-electron chi connectivity index (χ1n) is 9.23. The fourth-order valence-electron chi connectivity index (χ4n) is 5.14. The van der Waals surface area contributed by atoms with Crippen LogP contribution in [-0.2, 0) is 12.0 Å². The van der Waals surface area contributed by atoms with Crippen LogP contribution in [0.15, 0.2) is 48.5 Å². The van der Waals surface area contributed by atoms with Gasteiger partial charge < -0.3 is 5.73 Å². The highest BCUT2D eigenvalue weighted by Gasteiger charge is 2.67. The monoisotopic (exact) mass is 334 g/mol. The molecule has 2 aromatic rings. The van der Waals surface area contributed by atoms with E-state index in [0.29, 0.717) is 17.4 Å². The summed E-state index contributed by atoms with van der Waals surface area (Å²) in [7, 11) is 0. The molecule has 1 unspecified atom stereocenters. The molecule has 3 atom stereocenters. The van der Waals surface area contributed by atoms with Crippen LogP contribution < -0.4 is 5.73 Å². The van der Waals surface area contributed by atoms with Gasteiger partial charge in [0.1, 0.15) is 0 Å². The molecular formula is C22H26N2O. The molecule has 1 saturated carbocycles. The summed E-state index contributed by atoms with van der Waals surface area (Å²) in [4.78, 5) is 14.2. The van der Waals surface area contributed by atoms with Gasteiger partial charge in [-0.05, 0) is 48.4 Å². The van der Waals surface area contributed by atoms with Crippen LogP contribution in [-0.4, -0.2) is 23.9 Å².